The summed E-state index contributed by atoms with van der Waals surface area (Å²) in [4.78, 5) is 0. The summed E-state index contributed by atoms with van der Waals surface area (Å²) < 4.78 is 0. The standard InChI is InChI=1S/C7H15NO2/c1-8-5-2-6(9)4-7(10)3-5/h5-10H,2-4H2,1H3. The molecule has 3 heteroatoms. The van der Waals surface area contributed by atoms with Gasteiger partial charge >= 0.3 is 0 Å². The van der Waals surface area contributed by atoms with Gasteiger partial charge in [0.15, 0.2) is 0 Å². The summed E-state index contributed by atoms with van der Waals surface area (Å²) in [5, 5.41) is 21.4. The predicted octanol–water partition coefficient (Wildman–Crippen LogP) is -0.520. The molecule has 3 nitrogen and oxygen atoms in total. The Hall–Kier alpha value is -0.120. The van der Waals surface area contributed by atoms with Crippen molar-refractivity contribution in [3.8, 4) is 0 Å². The molecule has 0 aromatic rings. The van der Waals surface area contributed by atoms with Crippen LogP contribution in [0.1, 0.15) is 19.3 Å². The number of aliphatic hydroxyl groups is 2. The number of hydrogen-bond acceptors (Lipinski definition) is 3. The van der Waals surface area contributed by atoms with E-state index in [2.05, 4.69) is 5.32 Å². The van der Waals surface area contributed by atoms with E-state index >= 15 is 0 Å². The van der Waals surface area contributed by atoms with E-state index in [1.54, 1.807) is 0 Å². The monoisotopic (exact) mass is 145 g/mol. The van der Waals surface area contributed by atoms with E-state index in [0.717, 1.165) is 12.8 Å². The van der Waals surface area contributed by atoms with Gasteiger partial charge in [0.2, 0.25) is 0 Å². The molecule has 1 saturated carbocycles. The van der Waals surface area contributed by atoms with Crippen LogP contribution in [0.3, 0.4) is 0 Å². The van der Waals surface area contributed by atoms with E-state index in [4.69, 9.17) is 0 Å². The molecule has 2 unspecified atom stereocenters. The van der Waals surface area contributed by atoms with Crippen LogP contribution in [0.2, 0.25) is 0 Å². The summed E-state index contributed by atoms with van der Waals surface area (Å²) >= 11 is 0. The molecule has 3 N–H and O–H groups in total. The highest BCUT2D eigenvalue weighted by atomic mass is 16.3. The predicted molar refractivity (Wildman–Crippen MR) is 38.7 cm³/mol. The average Bonchev–Trinajstić information content (AvgIpc) is 1.85. The summed E-state index contributed by atoms with van der Waals surface area (Å²) in [5.74, 6) is 0. The number of hydrogen-bond donors (Lipinski definition) is 3. The molecule has 0 saturated heterocycles. The van der Waals surface area contributed by atoms with E-state index < -0.39 is 0 Å². The van der Waals surface area contributed by atoms with Crippen LogP contribution in [0, 0.1) is 0 Å². The minimum absolute atomic E-state index is 0.291. The largest absolute Gasteiger partial charge is 0.393 e. The Kier molecular flexibility index (Phi) is 2.65. The zero-order chi connectivity index (χ0) is 7.56. The molecule has 1 aliphatic carbocycles. The molecule has 0 aromatic heterocycles. The molecule has 2 atom stereocenters. The summed E-state index contributed by atoms with van der Waals surface area (Å²) in [6, 6.07) is 0.291. The minimum atomic E-state index is -0.318. The van der Waals surface area contributed by atoms with Crippen molar-refractivity contribution >= 4 is 0 Å². The van der Waals surface area contributed by atoms with E-state index in [0.29, 0.717) is 12.5 Å². The van der Waals surface area contributed by atoms with Crippen LogP contribution < -0.4 is 5.32 Å². The molecule has 60 valence electrons. The number of nitrogens with one attached hydrogen (secondary N) is 1. The van der Waals surface area contributed by atoms with Gasteiger partial charge in [-0.05, 0) is 26.3 Å². The lowest BCUT2D eigenvalue weighted by Gasteiger charge is -2.29. The van der Waals surface area contributed by atoms with Crippen LogP contribution in [-0.4, -0.2) is 35.5 Å². The van der Waals surface area contributed by atoms with Gasteiger partial charge in [0.1, 0.15) is 0 Å². The van der Waals surface area contributed by atoms with Gasteiger partial charge in [0, 0.05) is 6.04 Å². The summed E-state index contributed by atoms with van der Waals surface area (Å²) in [7, 11) is 1.86. The molecule has 0 amide bonds. The zero-order valence-corrected chi connectivity index (χ0v) is 6.25. The van der Waals surface area contributed by atoms with Crippen LogP contribution in [0.15, 0.2) is 0 Å². The molecule has 0 bridgehead atoms. The van der Waals surface area contributed by atoms with E-state index in [-0.39, 0.29) is 12.2 Å². The van der Waals surface area contributed by atoms with Gasteiger partial charge in [-0.25, -0.2) is 0 Å². The van der Waals surface area contributed by atoms with Crippen molar-refractivity contribution in [2.45, 2.75) is 37.5 Å². The Labute approximate surface area is 61.1 Å². The van der Waals surface area contributed by atoms with E-state index in [1.807, 2.05) is 7.05 Å². The molecule has 1 aliphatic rings. The van der Waals surface area contributed by atoms with Crippen LogP contribution in [0.4, 0.5) is 0 Å². The fourth-order valence-electron chi connectivity index (χ4n) is 1.50. The molecule has 0 heterocycles. The Balaban J connectivity index is 2.35. The van der Waals surface area contributed by atoms with Crippen LogP contribution in [0.25, 0.3) is 0 Å². The van der Waals surface area contributed by atoms with E-state index in [9.17, 15) is 10.2 Å². The second kappa shape index (κ2) is 3.32. The molecule has 0 spiro atoms. The van der Waals surface area contributed by atoms with Crippen molar-refractivity contribution in [2.75, 3.05) is 7.05 Å². The molecular weight excluding hydrogens is 130 g/mol. The SMILES string of the molecule is CNC1CC(O)CC(O)C1. The highest BCUT2D eigenvalue weighted by molar-refractivity contribution is 4.81. The fraction of sp³-hybridized carbons (Fsp3) is 1.00. The minimum Gasteiger partial charge on any atom is -0.393 e. The first kappa shape index (κ1) is 7.98. The molecule has 1 fully saturated rings. The maximum Gasteiger partial charge on any atom is 0.0579 e. The van der Waals surface area contributed by atoms with Crippen molar-refractivity contribution in [1.82, 2.24) is 5.32 Å². The van der Waals surface area contributed by atoms with Crippen molar-refractivity contribution in [1.29, 1.82) is 0 Å². The van der Waals surface area contributed by atoms with Gasteiger partial charge < -0.3 is 15.5 Å². The van der Waals surface area contributed by atoms with Gasteiger partial charge in [0.25, 0.3) is 0 Å². The maximum atomic E-state index is 9.18. The van der Waals surface area contributed by atoms with Crippen LogP contribution in [0.5, 0.6) is 0 Å². The molecule has 10 heavy (non-hydrogen) atoms. The number of rotatable bonds is 1. The third-order valence-electron chi connectivity index (χ3n) is 2.07. The summed E-state index contributed by atoms with van der Waals surface area (Å²) in [6.45, 7) is 0. The molecule has 0 aromatic carbocycles. The van der Waals surface area contributed by atoms with Gasteiger partial charge in [-0.15, -0.1) is 0 Å². The smallest absolute Gasteiger partial charge is 0.0579 e. The third-order valence-corrected chi connectivity index (χ3v) is 2.07. The first-order chi connectivity index (χ1) is 4.72. The fourth-order valence-corrected chi connectivity index (χ4v) is 1.50. The topological polar surface area (TPSA) is 52.5 Å². The van der Waals surface area contributed by atoms with Crippen LogP contribution >= 0.6 is 0 Å². The lowest BCUT2D eigenvalue weighted by atomic mass is 9.91. The Morgan fingerprint density at radius 1 is 1.10 bits per heavy atom. The molecule has 1 rings (SSSR count). The maximum absolute atomic E-state index is 9.18. The second-order valence-corrected chi connectivity index (χ2v) is 3.00. The van der Waals surface area contributed by atoms with E-state index in [1.165, 1.54) is 0 Å². The van der Waals surface area contributed by atoms with Crippen molar-refractivity contribution in [2.24, 2.45) is 0 Å². The lowest BCUT2D eigenvalue weighted by Crippen LogP contribution is -2.39. The first-order valence-electron chi connectivity index (χ1n) is 3.75. The van der Waals surface area contributed by atoms with Gasteiger partial charge in [-0.2, -0.15) is 0 Å². The van der Waals surface area contributed by atoms with Crippen molar-refractivity contribution < 1.29 is 10.2 Å². The number of aliphatic hydroxyl groups excluding tert-OH is 2. The normalized spacial score (nSPS) is 41.7. The quantitative estimate of drug-likeness (QED) is 0.465. The van der Waals surface area contributed by atoms with Gasteiger partial charge in [-0.1, -0.05) is 0 Å². The van der Waals surface area contributed by atoms with Crippen molar-refractivity contribution in [3.63, 3.8) is 0 Å². The molecule has 0 radical (unpaired) electrons. The Bertz CT molecular complexity index is 97.8. The molecule has 0 aliphatic heterocycles. The summed E-state index contributed by atoms with van der Waals surface area (Å²) in [5.41, 5.74) is 0. The van der Waals surface area contributed by atoms with Gasteiger partial charge in [0.05, 0.1) is 12.2 Å². The van der Waals surface area contributed by atoms with Crippen molar-refractivity contribution in [3.05, 3.63) is 0 Å². The van der Waals surface area contributed by atoms with Crippen LogP contribution in [-0.2, 0) is 0 Å². The Morgan fingerprint density at radius 3 is 2.00 bits per heavy atom. The third kappa shape index (κ3) is 1.94. The average molecular weight is 145 g/mol. The summed E-state index contributed by atoms with van der Waals surface area (Å²) in [6.07, 6.45) is 1.45. The first-order valence-corrected chi connectivity index (χ1v) is 3.75. The van der Waals surface area contributed by atoms with Gasteiger partial charge in [-0.3, -0.25) is 0 Å². The lowest BCUT2D eigenvalue weighted by molar-refractivity contribution is 0.0265. The highest BCUT2D eigenvalue weighted by Crippen LogP contribution is 2.18. The highest BCUT2D eigenvalue weighted by Gasteiger charge is 2.24. The zero-order valence-electron chi connectivity index (χ0n) is 6.25. The molecular formula is C7H15NO2. The second-order valence-electron chi connectivity index (χ2n) is 3.00. The Morgan fingerprint density at radius 2 is 1.60 bits per heavy atom.